The third-order valence-electron chi connectivity index (χ3n) is 1.64. The van der Waals surface area contributed by atoms with E-state index in [1.54, 1.807) is 12.1 Å². The minimum absolute atomic E-state index is 0.0494. The van der Waals surface area contributed by atoms with Gasteiger partial charge >= 0.3 is 0 Å². The highest BCUT2D eigenvalue weighted by molar-refractivity contribution is 5.79. The Labute approximate surface area is 77.0 Å². The molecule has 0 unspecified atom stereocenters. The van der Waals surface area contributed by atoms with Gasteiger partial charge in [-0.1, -0.05) is 11.6 Å². The summed E-state index contributed by atoms with van der Waals surface area (Å²) < 4.78 is 5.15. The van der Waals surface area contributed by atoms with Crippen LogP contribution in [0.3, 0.4) is 0 Å². The summed E-state index contributed by atoms with van der Waals surface area (Å²) >= 11 is 0. The summed E-state index contributed by atoms with van der Waals surface area (Å²) in [6.45, 7) is 2.07. The van der Waals surface area contributed by atoms with Gasteiger partial charge in [0.2, 0.25) is 0 Å². The van der Waals surface area contributed by atoms with E-state index in [1.165, 1.54) is 0 Å². The number of benzene rings is 1. The minimum Gasteiger partial charge on any atom is -0.490 e. The van der Waals surface area contributed by atoms with Crippen LogP contribution in [0.1, 0.15) is 15.9 Å². The predicted octanol–water partition coefficient (Wildman–Crippen LogP) is 1.18. The van der Waals surface area contributed by atoms with Gasteiger partial charge < -0.3 is 9.84 Å². The van der Waals surface area contributed by atoms with Gasteiger partial charge in [0.1, 0.15) is 12.4 Å². The number of aliphatic hydroxyl groups excluding tert-OH is 1. The number of ether oxygens (including phenoxy) is 1. The van der Waals surface area contributed by atoms with Crippen molar-refractivity contribution in [3.8, 4) is 5.75 Å². The quantitative estimate of drug-likeness (QED) is 0.708. The van der Waals surface area contributed by atoms with Crippen LogP contribution in [0, 0.1) is 6.92 Å². The van der Waals surface area contributed by atoms with Gasteiger partial charge in [-0.3, -0.25) is 4.79 Å². The molecular formula is C10H12O3. The fraction of sp³-hybridized carbons (Fsp3) is 0.300. The summed E-state index contributed by atoms with van der Waals surface area (Å²) in [5.74, 6) is 0.523. The molecule has 1 aromatic rings. The Morgan fingerprint density at radius 2 is 2.31 bits per heavy atom. The van der Waals surface area contributed by atoms with Crippen molar-refractivity contribution in [3.05, 3.63) is 29.3 Å². The average Bonchev–Trinajstić information content (AvgIpc) is 2.16. The second kappa shape index (κ2) is 4.62. The maximum Gasteiger partial charge on any atom is 0.153 e. The van der Waals surface area contributed by atoms with Crippen LogP contribution < -0.4 is 4.74 Å². The number of hydrogen-bond acceptors (Lipinski definition) is 3. The highest BCUT2D eigenvalue weighted by Crippen LogP contribution is 2.17. The van der Waals surface area contributed by atoms with Crippen LogP contribution in [0.5, 0.6) is 5.75 Å². The average molecular weight is 180 g/mol. The van der Waals surface area contributed by atoms with E-state index in [0.717, 1.165) is 11.8 Å². The van der Waals surface area contributed by atoms with Crippen molar-refractivity contribution < 1.29 is 14.6 Å². The number of hydrogen-bond donors (Lipinski definition) is 1. The van der Waals surface area contributed by atoms with Crippen LogP contribution in [-0.2, 0) is 0 Å². The lowest BCUT2D eigenvalue weighted by Gasteiger charge is -2.06. The third kappa shape index (κ3) is 2.56. The molecule has 0 aliphatic carbocycles. The zero-order valence-corrected chi connectivity index (χ0v) is 7.49. The van der Waals surface area contributed by atoms with E-state index in [9.17, 15) is 4.79 Å². The van der Waals surface area contributed by atoms with Crippen LogP contribution >= 0.6 is 0 Å². The molecule has 0 aromatic heterocycles. The van der Waals surface area contributed by atoms with E-state index in [4.69, 9.17) is 9.84 Å². The van der Waals surface area contributed by atoms with Crippen LogP contribution in [0.25, 0.3) is 0 Å². The molecule has 0 saturated heterocycles. The van der Waals surface area contributed by atoms with E-state index < -0.39 is 0 Å². The Balaban J connectivity index is 2.86. The van der Waals surface area contributed by atoms with E-state index in [0.29, 0.717) is 11.3 Å². The monoisotopic (exact) mass is 180 g/mol. The van der Waals surface area contributed by atoms with Crippen molar-refractivity contribution in [2.24, 2.45) is 0 Å². The van der Waals surface area contributed by atoms with Crippen molar-refractivity contribution in [2.45, 2.75) is 6.92 Å². The molecule has 0 radical (unpaired) electrons. The summed E-state index contributed by atoms with van der Waals surface area (Å²) in [5, 5.41) is 8.53. The molecule has 0 bridgehead atoms. The Morgan fingerprint density at radius 1 is 1.54 bits per heavy atom. The third-order valence-corrected chi connectivity index (χ3v) is 1.64. The number of carbonyl (C=O) groups excluding carboxylic acids is 1. The van der Waals surface area contributed by atoms with Crippen LogP contribution in [0.2, 0.25) is 0 Å². The number of aryl methyl sites for hydroxylation is 1. The summed E-state index contributed by atoms with van der Waals surface area (Å²) in [6.07, 6.45) is 0.750. The van der Waals surface area contributed by atoms with E-state index in [2.05, 4.69) is 0 Å². The van der Waals surface area contributed by atoms with Crippen molar-refractivity contribution in [3.63, 3.8) is 0 Å². The molecule has 0 aliphatic rings. The first-order valence-electron chi connectivity index (χ1n) is 4.07. The largest absolute Gasteiger partial charge is 0.490 e. The van der Waals surface area contributed by atoms with Gasteiger partial charge in [-0.25, -0.2) is 0 Å². The number of aldehydes is 1. The zero-order chi connectivity index (χ0) is 9.68. The predicted molar refractivity (Wildman–Crippen MR) is 49.1 cm³/mol. The van der Waals surface area contributed by atoms with Gasteiger partial charge in [0.15, 0.2) is 6.29 Å². The maximum absolute atomic E-state index is 10.6. The van der Waals surface area contributed by atoms with Gasteiger partial charge in [0.25, 0.3) is 0 Å². The van der Waals surface area contributed by atoms with Crippen LogP contribution in [-0.4, -0.2) is 24.6 Å². The number of aliphatic hydroxyl groups is 1. The minimum atomic E-state index is -0.0494. The van der Waals surface area contributed by atoms with Crippen molar-refractivity contribution in [1.82, 2.24) is 0 Å². The molecule has 0 atom stereocenters. The second-order valence-corrected chi connectivity index (χ2v) is 2.73. The SMILES string of the molecule is Cc1ccc(OCCO)c(C=O)c1. The standard InChI is InChI=1S/C10H12O3/c1-8-2-3-10(13-5-4-11)9(6-8)7-12/h2-3,6-7,11H,4-5H2,1H3. The first-order chi connectivity index (χ1) is 6.27. The molecule has 0 heterocycles. The van der Waals surface area contributed by atoms with Crippen LogP contribution in [0.15, 0.2) is 18.2 Å². The molecular weight excluding hydrogens is 168 g/mol. The van der Waals surface area contributed by atoms with Gasteiger partial charge in [0, 0.05) is 0 Å². The molecule has 0 spiro atoms. The van der Waals surface area contributed by atoms with E-state index in [-0.39, 0.29) is 13.2 Å². The molecule has 0 saturated carbocycles. The van der Waals surface area contributed by atoms with Crippen molar-refractivity contribution in [1.29, 1.82) is 0 Å². The van der Waals surface area contributed by atoms with Gasteiger partial charge in [-0.2, -0.15) is 0 Å². The van der Waals surface area contributed by atoms with Gasteiger partial charge in [0.05, 0.1) is 12.2 Å². The summed E-state index contributed by atoms with van der Waals surface area (Å²) in [7, 11) is 0. The lowest BCUT2D eigenvalue weighted by molar-refractivity contribution is 0.111. The molecule has 13 heavy (non-hydrogen) atoms. The maximum atomic E-state index is 10.6. The Kier molecular flexibility index (Phi) is 3.46. The molecule has 3 nitrogen and oxygen atoms in total. The molecule has 3 heteroatoms. The van der Waals surface area contributed by atoms with Crippen molar-refractivity contribution in [2.75, 3.05) is 13.2 Å². The molecule has 0 fully saturated rings. The highest BCUT2D eigenvalue weighted by atomic mass is 16.5. The number of rotatable bonds is 4. The van der Waals surface area contributed by atoms with E-state index >= 15 is 0 Å². The smallest absolute Gasteiger partial charge is 0.153 e. The van der Waals surface area contributed by atoms with Crippen molar-refractivity contribution >= 4 is 6.29 Å². The fourth-order valence-corrected chi connectivity index (χ4v) is 1.05. The molecule has 0 aliphatic heterocycles. The normalized spacial score (nSPS) is 9.69. The summed E-state index contributed by atoms with van der Waals surface area (Å²) in [5.41, 5.74) is 1.53. The summed E-state index contributed by atoms with van der Waals surface area (Å²) in [6, 6.07) is 5.34. The molecule has 70 valence electrons. The van der Waals surface area contributed by atoms with E-state index in [1.807, 2.05) is 13.0 Å². The first-order valence-corrected chi connectivity index (χ1v) is 4.07. The lowest BCUT2D eigenvalue weighted by Crippen LogP contribution is -2.03. The van der Waals surface area contributed by atoms with Gasteiger partial charge in [-0.05, 0) is 19.1 Å². The summed E-state index contributed by atoms with van der Waals surface area (Å²) in [4.78, 5) is 10.6. The second-order valence-electron chi connectivity index (χ2n) is 2.73. The molecule has 1 rings (SSSR count). The zero-order valence-electron chi connectivity index (χ0n) is 7.49. The highest BCUT2D eigenvalue weighted by Gasteiger charge is 2.01. The fourth-order valence-electron chi connectivity index (χ4n) is 1.05. The molecule has 1 N–H and O–H groups in total. The Bertz CT molecular complexity index is 294. The molecule has 1 aromatic carbocycles. The van der Waals surface area contributed by atoms with Crippen LogP contribution in [0.4, 0.5) is 0 Å². The number of carbonyl (C=O) groups is 1. The topological polar surface area (TPSA) is 46.5 Å². The van der Waals surface area contributed by atoms with Gasteiger partial charge in [-0.15, -0.1) is 0 Å². The lowest BCUT2D eigenvalue weighted by atomic mass is 10.1. The Hall–Kier alpha value is -1.35. The first kappa shape index (κ1) is 9.74. The Morgan fingerprint density at radius 3 is 2.92 bits per heavy atom. The molecule has 0 amide bonds.